The van der Waals surface area contributed by atoms with Crippen molar-refractivity contribution in [3.05, 3.63) is 198 Å². The lowest BCUT2D eigenvalue weighted by Gasteiger charge is -2.36. The highest BCUT2D eigenvalue weighted by Crippen LogP contribution is 2.43. The summed E-state index contributed by atoms with van der Waals surface area (Å²) in [6, 6.07) is 57.9. The lowest BCUT2D eigenvalue weighted by molar-refractivity contribution is 0.0526. The number of anilines is 1. The number of esters is 1. The maximum Gasteiger partial charge on any atom is 0.341 e. The summed E-state index contributed by atoms with van der Waals surface area (Å²) in [5.74, 6) is 0.903. The first-order valence-electron chi connectivity index (χ1n) is 19.1. The average Bonchev–Trinajstić information content (AvgIpc) is 3.75. The predicted molar refractivity (Wildman–Crippen MR) is 222 cm³/mol. The molecule has 0 saturated carbocycles. The SMILES string of the molecule is CCCN(Cc1ccc(-c2ccccc2-c2nnnn2C(c2ccccc2)(c2ccccc2)c2ccccc2)cc1)c1nc2ccccc2cc1C(=O)OCC. The minimum atomic E-state index is -0.873. The number of nitrogens with zero attached hydrogens (tertiary/aromatic N) is 6. The van der Waals surface area contributed by atoms with Crippen LogP contribution in [-0.4, -0.2) is 44.3 Å². The number of hydrogen-bond donors (Lipinski definition) is 0. The van der Waals surface area contributed by atoms with E-state index < -0.39 is 5.54 Å². The number of para-hydroxylation sites is 1. The molecule has 0 spiro atoms. The topological polar surface area (TPSA) is 86.0 Å². The molecular weight excluding hydrogens is 693 g/mol. The molecule has 0 aliphatic rings. The van der Waals surface area contributed by atoms with Gasteiger partial charge in [0.2, 0.25) is 0 Å². The molecule has 0 saturated heterocycles. The Morgan fingerprint density at radius 1 is 0.679 bits per heavy atom. The molecule has 0 fully saturated rings. The molecule has 8 aromatic rings. The standard InChI is InChI=1S/C48H42N6O2/c1-3-32-53(45-43(47(55)56-4-2)33-37-18-14-17-27-44(37)49-45)34-35-28-30-36(31-29-35)41-25-15-16-26-42(41)46-50-51-52-54(46)48(38-19-8-5-9-20-38,39-21-10-6-11-22-39)40-23-12-7-13-24-40/h5-31,33H,3-4,32,34H2,1-2H3. The van der Waals surface area contributed by atoms with Gasteiger partial charge in [0.1, 0.15) is 16.9 Å². The average molecular weight is 735 g/mol. The Hall–Kier alpha value is -6.93. The number of ether oxygens (including phenoxy) is 1. The first kappa shape index (κ1) is 36.1. The third kappa shape index (κ3) is 6.82. The van der Waals surface area contributed by atoms with E-state index in [0.717, 1.165) is 62.8 Å². The molecule has 0 N–H and O–H groups in total. The van der Waals surface area contributed by atoms with Gasteiger partial charge in [0.15, 0.2) is 5.82 Å². The summed E-state index contributed by atoms with van der Waals surface area (Å²) in [5, 5.41) is 14.8. The second kappa shape index (κ2) is 16.2. The van der Waals surface area contributed by atoms with Gasteiger partial charge >= 0.3 is 5.97 Å². The van der Waals surface area contributed by atoms with Crippen molar-refractivity contribution in [2.45, 2.75) is 32.4 Å². The molecule has 0 amide bonds. The molecule has 8 heteroatoms. The van der Waals surface area contributed by atoms with Crippen LogP contribution in [0.25, 0.3) is 33.4 Å². The smallest absolute Gasteiger partial charge is 0.341 e. The van der Waals surface area contributed by atoms with Gasteiger partial charge in [-0.2, -0.15) is 0 Å². The van der Waals surface area contributed by atoms with Gasteiger partial charge < -0.3 is 9.64 Å². The number of tetrazole rings is 1. The van der Waals surface area contributed by atoms with E-state index in [-0.39, 0.29) is 5.97 Å². The lowest BCUT2D eigenvalue weighted by atomic mass is 9.77. The van der Waals surface area contributed by atoms with Gasteiger partial charge in [-0.15, -0.1) is 5.10 Å². The van der Waals surface area contributed by atoms with Gasteiger partial charge in [-0.25, -0.2) is 14.5 Å². The number of pyridine rings is 1. The molecule has 0 radical (unpaired) electrons. The fourth-order valence-corrected chi connectivity index (χ4v) is 7.66. The highest BCUT2D eigenvalue weighted by Gasteiger charge is 2.42. The van der Waals surface area contributed by atoms with E-state index in [9.17, 15) is 4.79 Å². The van der Waals surface area contributed by atoms with Crippen LogP contribution in [0.1, 0.15) is 52.9 Å². The quantitative estimate of drug-likeness (QED) is 0.0861. The van der Waals surface area contributed by atoms with Crippen LogP contribution in [0, 0.1) is 0 Å². The molecular formula is C48H42N6O2. The first-order valence-corrected chi connectivity index (χ1v) is 19.1. The van der Waals surface area contributed by atoms with Crippen molar-refractivity contribution < 1.29 is 9.53 Å². The van der Waals surface area contributed by atoms with Crippen LogP contribution >= 0.6 is 0 Å². The molecule has 2 aromatic heterocycles. The molecule has 8 nitrogen and oxygen atoms in total. The number of rotatable bonds is 13. The Kier molecular flexibility index (Phi) is 10.4. The maximum atomic E-state index is 13.2. The number of fused-ring (bicyclic) bond motifs is 1. The highest BCUT2D eigenvalue weighted by molar-refractivity contribution is 5.99. The zero-order chi connectivity index (χ0) is 38.3. The minimum Gasteiger partial charge on any atom is -0.462 e. The third-order valence-corrected chi connectivity index (χ3v) is 10.2. The van der Waals surface area contributed by atoms with Crippen molar-refractivity contribution in [1.82, 2.24) is 25.2 Å². The number of benzene rings is 6. The molecule has 8 rings (SSSR count). The Labute approximate surface area is 327 Å². The van der Waals surface area contributed by atoms with E-state index in [0.29, 0.717) is 30.4 Å². The lowest BCUT2D eigenvalue weighted by Crippen LogP contribution is -2.39. The Bertz CT molecular complexity index is 2460. The number of hydrogen-bond acceptors (Lipinski definition) is 7. The minimum absolute atomic E-state index is 0.292. The van der Waals surface area contributed by atoms with Crippen LogP contribution in [0.4, 0.5) is 5.82 Å². The summed E-state index contributed by atoms with van der Waals surface area (Å²) < 4.78 is 7.46. The number of carbonyl (C=O) groups excluding carboxylic acids is 1. The summed E-state index contributed by atoms with van der Waals surface area (Å²) in [4.78, 5) is 20.4. The predicted octanol–water partition coefficient (Wildman–Crippen LogP) is 9.99. The zero-order valence-electron chi connectivity index (χ0n) is 31.5. The Morgan fingerprint density at radius 2 is 1.25 bits per heavy atom. The van der Waals surface area contributed by atoms with Gasteiger partial charge in [-0.05, 0) is 69.3 Å². The first-order chi connectivity index (χ1) is 27.6. The van der Waals surface area contributed by atoms with Gasteiger partial charge in [-0.1, -0.05) is 165 Å². The molecule has 2 heterocycles. The van der Waals surface area contributed by atoms with Gasteiger partial charge in [0, 0.05) is 24.0 Å². The van der Waals surface area contributed by atoms with Crippen LogP contribution in [0.3, 0.4) is 0 Å². The molecule has 56 heavy (non-hydrogen) atoms. The Morgan fingerprint density at radius 3 is 1.86 bits per heavy atom. The fourth-order valence-electron chi connectivity index (χ4n) is 7.66. The monoisotopic (exact) mass is 734 g/mol. The summed E-state index contributed by atoms with van der Waals surface area (Å²) in [6.45, 7) is 5.53. The van der Waals surface area contributed by atoms with E-state index in [2.05, 4.69) is 126 Å². The molecule has 0 aliphatic heterocycles. The zero-order valence-corrected chi connectivity index (χ0v) is 31.5. The molecule has 0 aliphatic carbocycles. The van der Waals surface area contributed by atoms with E-state index >= 15 is 0 Å². The normalized spacial score (nSPS) is 11.4. The van der Waals surface area contributed by atoms with E-state index in [1.54, 1.807) is 0 Å². The summed E-state index contributed by atoms with van der Waals surface area (Å²) in [6.07, 6.45) is 0.882. The van der Waals surface area contributed by atoms with Gasteiger partial charge in [0.05, 0.1) is 12.1 Å². The highest BCUT2D eigenvalue weighted by atomic mass is 16.5. The number of carbonyl (C=O) groups is 1. The summed E-state index contributed by atoms with van der Waals surface area (Å²) in [7, 11) is 0. The van der Waals surface area contributed by atoms with Crippen molar-refractivity contribution in [3.63, 3.8) is 0 Å². The molecule has 6 aromatic carbocycles. The van der Waals surface area contributed by atoms with E-state index in [1.807, 2.05) is 72.3 Å². The maximum absolute atomic E-state index is 13.2. The van der Waals surface area contributed by atoms with Crippen molar-refractivity contribution >= 4 is 22.7 Å². The van der Waals surface area contributed by atoms with Crippen molar-refractivity contribution in [2.75, 3.05) is 18.1 Å². The summed E-state index contributed by atoms with van der Waals surface area (Å²) in [5.41, 5.74) is 7.58. The second-order valence-electron chi connectivity index (χ2n) is 13.7. The molecule has 0 bridgehead atoms. The van der Waals surface area contributed by atoms with Crippen molar-refractivity contribution in [3.8, 4) is 22.5 Å². The third-order valence-electron chi connectivity index (χ3n) is 10.2. The Balaban J connectivity index is 1.20. The van der Waals surface area contributed by atoms with Crippen LogP contribution in [-0.2, 0) is 16.8 Å². The molecule has 276 valence electrons. The van der Waals surface area contributed by atoms with Crippen LogP contribution < -0.4 is 4.90 Å². The second-order valence-corrected chi connectivity index (χ2v) is 13.7. The summed E-state index contributed by atoms with van der Waals surface area (Å²) >= 11 is 0. The molecule has 0 atom stereocenters. The van der Waals surface area contributed by atoms with Gasteiger partial charge in [-0.3, -0.25) is 0 Å². The fraction of sp³-hybridized carbons (Fsp3) is 0.146. The van der Waals surface area contributed by atoms with E-state index in [1.165, 1.54) is 0 Å². The van der Waals surface area contributed by atoms with E-state index in [4.69, 9.17) is 20.0 Å². The van der Waals surface area contributed by atoms with Crippen LogP contribution in [0.2, 0.25) is 0 Å². The van der Waals surface area contributed by atoms with Crippen molar-refractivity contribution in [1.29, 1.82) is 0 Å². The van der Waals surface area contributed by atoms with Crippen LogP contribution in [0.15, 0.2) is 170 Å². The molecule has 0 unspecified atom stereocenters. The van der Waals surface area contributed by atoms with Gasteiger partial charge in [0.25, 0.3) is 0 Å². The number of aromatic nitrogens is 5. The van der Waals surface area contributed by atoms with Crippen LogP contribution in [0.5, 0.6) is 0 Å². The largest absolute Gasteiger partial charge is 0.462 e. The van der Waals surface area contributed by atoms with Crippen molar-refractivity contribution in [2.24, 2.45) is 0 Å².